The SMILES string of the molecule is COCc1cc(C)n2ncc(C(=O)O)c2n1.COCc1cc(C)nc2c(C(=O)O)cnn12. The summed E-state index contributed by atoms with van der Waals surface area (Å²) in [5.74, 6) is -2.06. The summed E-state index contributed by atoms with van der Waals surface area (Å²) in [5.41, 5.74) is 3.92. The predicted molar refractivity (Wildman–Crippen MR) is 111 cm³/mol. The van der Waals surface area contributed by atoms with Crippen molar-refractivity contribution in [3.8, 4) is 0 Å². The topological polar surface area (TPSA) is 153 Å². The molecule has 0 aliphatic rings. The van der Waals surface area contributed by atoms with Crippen LogP contribution in [0.25, 0.3) is 11.3 Å². The zero-order valence-corrected chi connectivity index (χ0v) is 17.9. The second kappa shape index (κ2) is 9.49. The fourth-order valence-corrected chi connectivity index (χ4v) is 3.11. The molecule has 0 amide bonds. The van der Waals surface area contributed by atoms with E-state index < -0.39 is 11.9 Å². The van der Waals surface area contributed by atoms with Crippen molar-refractivity contribution in [2.24, 2.45) is 0 Å². The van der Waals surface area contributed by atoms with Crippen LogP contribution in [0.4, 0.5) is 0 Å². The van der Waals surface area contributed by atoms with Gasteiger partial charge in [0.15, 0.2) is 11.3 Å². The van der Waals surface area contributed by atoms with Crippen LogP contribution in [0.2, 0.25) is 0 Å². The summed E-state index contributed by atoms with van der Waals surface area (Å²) in [6.07, 6.45) is 2.59. The highest BCUT2D eigenvalue weighted by Crippen LogP contribution is 2.14. The number of ether oxygens (including phenoxy) is 2. The number of carboxylic acids is 2. The summed E-state index contributed by atoms with van der Waals surface area (Å²) in [7, 11) is 3.14. The molecular formula is C20H22N6O6. The van der Waals surface area contributed by atoms with Gasteiger partial charge in [-0.3, -0.25) is 0 Å². The van der Waals surface area contributed by atoms with Gasteiger partial charge in [-0.2, -0.15) is 10.2 Å². The molecule has 168 valence electrons. The van der Waals surface area contributed by atoms with Crippen LogP contribution in [0, 0.1) is 13.8 Å². The molecular weight excluding hydrogens is 420 g/mol. The Morgan fingerprint density at radius 1 is 0.875 bits per heavy atom. The Bertz CT molecular complexity index is 1280. The predicted octanol–water partition coefficient (Wildman–Crippen LogP) is 1.76. The van der Waals surface area contributed by atoms with Crippen molar-refractivity contribution in [2.45, 2.75) is 27.1 Å². The van der Waals surface area contributed by atoms with Crippen LogP contribution in [-0.4, -0.2) is 65.6 Å². The average molecular weight is 442 g/mol. The van der Waals surface area contributed by atoms with Crippen LogP contribution < -0.4 is 0 Å². The summed E-state index contributed by atoms with van der Waals surface area (Å²) in [5, 5.41) is 25.9. The maximum atomic E-state index is 10.9. The van der Waals surface area contributed by atoms with E-state index >= 15 is 0 Å². The van der Waals surface area contributed by atoms with Gasteiger partial charge in [0, 0.05) is 25.6 Å². The molecule has 12 heteroatoms. The fraction of sp³-hybridized carbons (Fsp3) is 0.300. The molecule has 0 bridgehead atoms. The van der Waals surface area contributed by atoms with Crippen molar-refractivity contribution < 1.29 is 29.3 Å². The minimum atomic E-state index is -1.03. The van der Waals surface area contributed by atoms with Gasteiger partial charge in [-0.05, 0) is 26.0 Å². The molecule has 4 heterocycles. The number of methoxy groups -OCH3 is 2. The van der Waals surface area contributed by atoms with Gasteiger partial charge in [-0.15, -0.1) is 0 Å². The molecule has 0 atom stereocenters. The van der Waals surface area contributed by atoms with Gasteiger partial charge in [0.1, 0.15) is 11.1 Å². The minimum Gasteiger partial charge on any atom is -0.477 e. The zero-order valence-electron chi connectivity index (χ0n) is 17.9. The Kier molecular flexibility index (Phi) is 6.76. The first-order valence-corrected chi connectivity index (χ1v) is 9.39. The van der Waals surface area contributed by atoms with Crippen LogP contribution in [0.3, 0.4) is 0 Å². The molecule has 0 fully saturated rings. The summed E-state index contributed by atoms with van der Waals surface area (Å²) in [6, 6.07) is 3.63. The summed E-state index contributed by atoms with van der Waals surface area (Å²) in [6.45, 7) is 4.35. The molecule has 0 saturated carbocycles. The number of hydrogen-bond donors (Lipinski definition) is 2. The summed E-state index contributed by atoms with van der Waals surface area (Å²) < 4.78 is 13.0. The first-order chi connectivity index (χ1) is 15.3. The van der Waals surface area contributed by atoms with Gasteiger partial charge in [0.2, 0.25) is 0 Å². The molecule has 4 aromatic heterocycles. The van der Waals surface area contributed by atoms with Crippen LogP contribution in [0.15, 0.2) is 24.5 Å². The highest BCUT2D eigenvalue weighted by atomic mass is 16.5. The van der Waals surface area contributed by atoms with E-state index in [0.717, 1.165) is 17.1 Å². The number of fused-ring (bicyclic) bond motifs is 2. The van der Waals surface area contributed by atoms with Gasteiger partial charge >= 0.3 is 11.9 Å². The van der Waals surface area contributed by atoms with Gasteiger partial charge in [-0.1, -0.05) is 0 Å². The number of nitrogens with zero attached hydrogens (tertiary/aromatic N) is 6. The molecule has 0 saturated heterocycles. The molecule has 32 heavy (non-hydrogen) atoms. The number of rotatable bonds is 6. The molecule has 4 aromatic rings. The van der Waals surface area contributed by atoms with Gasteiger partial charge in [-0.25, -0.2) is 28.6 Å². The van der Waals surface area contributed by atoms with Crippen LogP contribution >= 0.6 is 0 Å². The molecule has 0 radical (unpaired) electrons. The highest BCUT2D eigenvalue weighted by molar-refractivity contribution is 5.94. The van der Waals surface area contributed by atoms with Crippen LogP contribution in [0.1, 0.15) is 43.5 Å². The van der Waals surface area contributed by atoms with Crippen molar-refractivity contribution in [1.82, 2.24) is 29.2 Å². The summed E-state index contributed by atoms with van der Waals surface area (Å²) in [4.78, 5) is 30.2. The van der Waals surface area contributed by atoms with E-state index in [9.17, 15) is 9.59 Å². The average Bonchev–Trinajstić information content (AvgIpc) is 3.33. The largest absolute Gasteiger partial charge is 0.477 e. The summed E-state index contributed by atoms with van der Waals surface area (Å²) >= 11 is 0. The third kappa shape index (κ3) is 4.55. The first-order valence-electron chi connectivity index (χ1n) is 9.39. The molecule has 0 aliphatic heterocycles. The quantitative estimate of drug-likeness (QED) is 0.451. The zero-order chi connectivity index (χ0) is 23.4. The maximum Gasteiger partial charge on any atom is 0.341 e. The Hall–Kier alpha value is -3.90. The van der Waals surface area contributed by atoms with E-state index in [-0.39, 0.29) is 11.1 Å². The molecule has 0 aliphatic carbocycles. The lowest BCUT2D eigenvalue weighted by molar-refractivity contribution is 0.0687. The molecule has 0 aromatic carbocycles. The third-order valence-electron chi connectivity index (χ3n) is 4.42. The van der Waals surface area contributed by atoms with Crippen molar-refractivity contribution >= 4 is 23.2 Å². The first kappa shape index (κ1) is 22.8. The fourth-order valence-electron chi connectivity index (χ4n) is 3.11. The molecule has 0 unspecified atom stereocenters. The number of carbonyl (C=O) groups is 2. The normalized spacial score (nSPS) is 10.9. The molecule has 12 nitrogen and oxygen atoms in total. The van der Waals surface area contributed by atoms with Crippen LogP contribution in [-0.2, 0) is 22.7 Å². The second-order valence-corrected chi connectivity index (χ2v) is 6.84. The second-order valence-electron chi connectivity index (χ2n) is 6.84. The van der Waals surface area contributed by atoms with Crippen molar-refractivity contribution in [2.75, 3.05) is 14.2 Å². The van der Waals surface area contributed by atoms with E-state index in [1.165, 1.54) is 21.4 Å². The van der Waals surface area contributed by atoms with Crippen molar-refractivity contribution in [3.63, 3.8) is 0 Å². The minimum absolute atomic E-state index is 0.0982. The van der Waals surface area contributed by atoms with E-state index in [1.54, 1.807) is 21.1 Å². The maximum absolute atomic E-state index is 10.9. The van der Waals surface area contributed by atoms with Crippen molar-refractivity contribution in [3.05, 3.63) is 58.4 Å². The van der Waals surface area contributed by atoms with E-state index in [4.69, 9.17) is 19.7 Å². The smallest absolute Gasteiger partial charge is 0.341 e. The van der Waals surface area contributed by atoms with Crippen LogP contribution in [0.5, 0.6) is 0 Å². The monoisotopic (exact) mass is 442 g/mol. The van der Waals surface area contributed by atoms with E-state index in [1.807, 2.05) is 19.1 Å². The Morgan fingerprint density at radius 2 is 1.44 bits per heavy atom. The van der Waals surface area contributed by atoms with E-state index in [2.05, 4.69) is 20.2 Å². The van der Waals surface area contributed by atoms with Crippen molar-refractivity contribution in [1.29, 1.82) is 0 Å². The number of aromatic nitrogens is 6. The van der Waals surface area contributed by atoms with Gasteiger partial charge in [0.25, 0.3) is 0 Å². The van der Waals surface area contributed by atoms with Gasteiger partial charge < -0.3 is 19.7 Å². The Morgan fingerprint density at radius 3 is 2.00 bits per heavy atom. The Balaban J connectivity index is 0.000000181. The Labute approximate surface area is 182 Å². The number of aryl methyl sites for hydroxylation is 2. The standard InChI is InChI=1S/2C10H11N3O3/c1-6-3-7(5-16-2)12-9-8(10(14)15)4-11-13(6)9;1-6-3-7(5-16-2)13-9(12-6)8(4-11-13)10(14)15/h2*3-4H,5H2,1-2H3,(H,14,15). The lowest BCUT2D eigenvalue weighted by Crippen LogP contribution is -2.04. The third-order valence-corrected chi connectivity index (χ3v) is 4.42. The van der Waals surface area contributed by atoms with E-state index in [0.29, 0.717) is 30.2 Å². The highest BCUT2D eigenvalue weighted by Gasteiger charge is 2.16. The number of hydrogen-bond acceptors (Lipinski definition) is 8. The molecule has 4 rings (SSSR count). The molecule has 2 N–H and O–H groups in total. The lowest BCUT2D eigenvalue weighted by atomic mass is 10.3. The lowest BCUT2D eigenvalue weighted by Gasteiger charge is -2.04. The van der Waals surface area contributed by atoms with Gasteiger partial charge in [0.05, 0.1) is 37.0 Å². The number of carboxylic acid groups (broad SMARTS) is 2. The number of aromatic carboxylic acids is 2. The molecule has 0 spiro atoms.